The maximum atomic E-state index is 5.14. The van der Waals surface area contributed by atoms with E-state index in [0.29, 0.717) is 0 Å². The molecule has 0 radical (unpaired) electrons. The van der Waals surface area contributed by atoms with E-state index in [1.165, 1.54) is 10.1 Å². The number of hydrogen-bond donors (Lipinski definition) is 0. The first-order valence-corrected chi connectivity index (χ1v) is 21.4. The molecular formula is C54H35N7S. The number of benzene rings is 8. The summed E-state index contributed by atoms with van der Waals surface area (Å²) in [6.07, 6.45) is 1.68. The van der Waals surface area contributed by atoms with Crippen LogP contribution < -0.4 is 4.90 Å². The third kappa shape index (κ3) is 6.04. The summed E-state index contributed by atoms with van der Waals surface area (Å²) in [7, 11) is 0. The van der Waals surface area contributed by atoms with Crippen molar-refractivity contribution < 1.29 is 0 Å². The number of rotatable bonds is 8. The third-order valence-electron chi connectivity index (χ3n) is 11.5. The summed E-state index contributed by atoms with van der Waals surface area (Å²) in [6, 6.07) is 72.1. The fraction of sp³-hybridized carbons (Fsp3) is 0. The van der Waals surface area contributed by atoms with Gasteiger partial charge in [-0.05, 0) is 115 Å². The maximum absolute atomic E-state index is 5.14. The first-order chi connectivity index (χ1) is 30.7. The number of nitrogens with zero attached hydrogens (tertiary/aromatic N) is 7. The van der Waals surface area contributed by atoms with Gasteiger partial charge in [0.1, 0.15) is 22.8 Å². The fourth-order valence-corrected chi connectivity index (χ4v) is 9.67. The highest BCUT2D eigenvalue weighted by Crippen LogP contribution is 2.41. The fourth-order valence-electron chi connectivity index (χ4n) is 8.63. The van der Waals surface area contributed by atoms with Crippen LogP contribution in [0.15, 0.2) is 213 Å². The molecule has 8 aromatic carbocycles. The Hall–Kier alpha value is -8.20. The Morgan fingerprint density at radius 3 is 1.39 bits per heavy atom. The molecule has 0 saturated carbocycles. The van der Waals surface area contributed by atoms with E-state index in [1.807, 2.05) is 24.3 Å². The zero-order chi connectivity index (χ0) is 41.0. The summed E-state index contributed by atoms with van der Waals surface area (Å²) >= 11 is 1.70. The SMILES string of the molecule is c1ccc(-n2c(-c3ccc(N(c4ccc(-c5ncnc6sc7ccccc7c56)cc4)c4ccc(-c5nc6ccccc6n5-c5ccccc5)cc4)cc3)nc3ccccc32)cc1. The molecule has 0 atom stereocenters. The standard InChI is InChI=1S/C54H35N7S/c1-3-13-39(14-4-1)60-47-20-10-8-18-45(47)57-52(60)37-25-31-42(32-26-37)59(41-29-23-36(24-30-41)51-50-44-17-7-12-22-49(44)62-54(50)56-35-55-51)43-33-27-38(28-34-43)53-58-46-19-9-11-21-48(46)61(53)40-15-5-2-6-16-40/h1-35H. The van der Waals surface area contributed by atoms with Gasteiger partial charge in [-0.25, -0.2) is 19.9 Å². The average molecular weight is 814 g/mol. The van der Waals surface area contributed by atoms with E-state index < -0.39 is 0 Å². The third-order valence-corrected chi connectivity index (χ3v) is 12.6. The second-order valence-corrected chi connectivity index (χ2v) is 16.2. The van der Waals surface area contributed by atoms with Crippen LogP contribution in [0.2, 0.25) is 0 Å². The van der Waals surface area contributed by atoms with Gasteiger partial charge >= 0.3 is 0 Å². The van der Waals surface area contributed by atoms with Crippen molar-refractivity contribution in [3.8, 4) is 45.4 Å². The number of para-hydroxylation sites is 6. The van der Waals surface area contributed by atoms with E-state index in [-0.39, 0.29) is 0 Å². The van der Waals surface area contributed by atoms with Crippen molar-refractivity contribution in [2.24, 2.45) is 0 Å². The molecule has 0 spiro atoms. The Labute approximate surface area is 361 Å². The molecule has 0 aliphatic heterocycles. The highest BCUT2D eigenvalue weighted by molar-refractivity contribution is 7.25. The van der Waals surface area contributed by atoms with Crippen LogP contribution in [-0.4, -0.2) is 29.1 Å². The predicted molar refractivity (Wildman–Crippen MR) is 255 cm³/mol. The molecule has 12 rings (SSSR count). The van der Waals surface area contributed by atoms with Gasteiger partial charge in [0.15, 0.2) is 0 Å². The van der Waals surface area contributed by atoms with Gasteiger partial charge in [0.2, 0.25) is 0 Å². The largest absolute Gasteiger partial charge is 0.311 e. The molecule has 12 aromatic rings. The van der Waals surface area contributed by atoms with Crippen molar-refractivity contribution in [2.75, 3.05) is 4.90 Å². The lowest BCUT2D eigenvalue weighted by molar-refractivity contribution is 1.10. The lowest BCUT2D eigenvalue weighted by Crippen LogP contribution is -2.10. The topological polar surface area (TPSA) is 64.7 Å². The van der Waals surface area contributed by atoms with Crippen molar-refractivity contribution in [1.29, 1.82) is 0 Å². The van der Waals surface area contributed by atoms with Gasteiger partial charge in [0, 0.05) is 60.6 Å². The minimum absolute atomic E-state index is 0.891. The van der Waals surface area contributed by atoms with Gasteiger partial charge in [-0.3, -0.25) is 9.13 Å². The van der Waals surface area contributed by atoms with Crippen LogP contribution in [-0.2, 0) is 0 Å². The van der Waals surface area contributed by atoms with Gasteiger partial charge in [-0.2, -0.15) is 0 Å². The van der Waals surface area contributed by atoms with Crippen LogP contribution >= 0.6 is 11.3 Å². The summed E-state index contributed by atoms with van der Waals surface area (Å²) in [5, 5.41) is 2.27. The van der Waals surface area contributed by atoms with Crippen molar-refractivity contribution >= 4 is 70.8 Å². The lowest BCUT2D eigenvalue weighted by atomic mass is 10.0. The molecule has 8 heteroatoms. The summed E-state index contributed by atoms with van der Waals surface area (Å²) in [6.45, 7) is 0. The Morgan fingerprint density at radius 1 is 0.403 bits per heavy atom. The molecule has 4 heterocycles. The molecule has 0 fully saturated rings. The van der Waals surface area contributed by atoms with Gasteiger partial charge in [0.25, 0.3) is 0 Å². The van der Waals surface area contributed by atoms with Crippen molar-refractivity contribution in [3.05, 3.63) is 213 Å². The molecule has 0 bridgehead atoms. The molecule has 0 N–H and O–H groups in total. The minimum Gasteiger partial charge on any atom is -0.311 e. The van der Waals surface area contributed by atoms with E-state index in [0.717, 1.165) is 94.8 Å². The first kappa shape index (κ1) is 35.7. The van der Waals surface area contributed by atoms with Crippen molar-refractivity contribution in [3.63, 3.8) is 0 Å². The maximum Gasteiger partial charge on any atom is 0.145 e. The number of thiophene rings is 1. The molecule has 0 aliphatic rings. The zero-order valence-electron chi connectivity index (χ0n) is 33.2. The Bertz CT molecular complexity index is 3390. The smallest absolute Gasteiger partial charge is 0.145 e. The van der Waals surface area contributed by atoms with Crippen LogP contribution in [0.25, 0.3) is 87.8 Å². The van der Waals surface area contributed by atoms with Crippen molar-refractivity contribution in [1.82, 2.24) is 29.1 Å². The average Bonchev–Trinajstić information content (AvgIpc) is 4.05. The summed E-state index contributed by atoms with van der Waals surface area (Å²) < 4.78 is 5.68. The molecule has 7 nitrogen and oxygen atoms in total. The van der Waals surface area contributed by atoms with E-state index in [4.69, 9.17) is 15.0 Å². The molecule has 0 saturated heterocycles. The van der Waals surface area contributed by atoms with Crippen LogP contribution in [0.3, 0.4) is 0 Å². The zero-order valence-corrected chi connectivity index (χ0v) is 34.1. The van der Waals surface area contributed by atoms with E-state index in [1.54, 1.807) is 17.7 Å². The van der Waals surface area contributed by atoms with Gasteiger partial charge in [-0.1, -0.05) is 91.0 Å². The quantitative estimate of drug-likeness (QED) is 0.153. The highest BCUT2D eigenvalue weighted by atomic mass is 32.1. The second-order valence-electron chi connectivity index (χ2n) is 15.2. The number of hydrogen-bond acceptors (Lipinski definition) is 6. The first-order valence-electron chi connectivity index (χ1n) is 20.5. The molecular weight excluding hydrogens is 779 g/mol. The Kier molecular flexibility index (Phi) is 8.53. The van der Waals surface area contributed by atoms with Crippen molar-refractivity contribution in [2.45, 2.75) is 0 Å². The van der Waals surface area contributed by atoms with E-state index in [9.17, 15) is 0 Å². The molecule has 0 amide bonds. The monoisotopic (exact) mass is 813 g/mol. The molecule has 4 aromatic heterocycles. The Morgan fingerprint density at radius 2 is 0.855 bits per heavy atom. The molecule has 62 heavy (non-hydrogen) atoms. The normalized spacial score (nSPS) is 11.5. The van der Waals surface area contributed by atoms with Gasteiger partial charge in [-0.15, -0.1) is 11.3 Å². The van der Waals surface area contributed by atoms with Gasteiger partial charge < -0.3 is 4.90 Å². The molecule has 292 valence electrons. The highest BCUT2D eigenvalue weighted by Gasteiger charge is 2.20. The predicted octanol–water partition coefficient (Wildman–Crippen LogP) is 14.0. The number of aromatic nitrogens is 6. The van der Waals surface area contributed by atoms with E-state index >= 15 is 0 Å². The Balaban J connectivity index is 0.973. The van der Waals surface area contributed by atoms with Crippen LogP contribution in [0.4, 0.5) is 17.1 Å². The van der Waals surface area contributed by atoms with Crippen LogP contribution in [0.5, 0.6) is 0 Å². The molecule has 0 unspecified atom stereocenters. The number of fused-ring (bicyclic) bond motifs is 5. The van der Waals surface area contributed by atoms with E-state index in [2.05, 4.69) is 201 Å². The van der Waals surface area contributed by atoms with Crippen LogP contribution in [0.1, 0.15) is 0 Å². The summed E-state index contributed by atoms with van der Waals surface area (Å²) in [5.74, 6) is 1.78. The molecule has 0 aliphatic carbocycles. The lowest BCUT2D eigenvalue weighted by Gasteiger charge is -2.26. The minimum atomic E-state index is 0.891. The van der Waals surface area contributed by atoms with Crippen LogP contribution in [0, 0.1) is 0 Å². The second kappa shape index (κ2) is 14.8. The summed E-state index contributed by atoms with van der Waals surface area (Å²) in [4.78, 5) is 23.0. The number of anilines is 3. The van der Waals surface area contributed by atoms with Gasteiger partial charge in [0.05, 0.1) is 27.8 Å². The number of imidazole rings is 2. The summed E-state index contributed by atoms with van der Waals surface area (Å²) in [5.41, 5.74) is 13.2.